The van der Waals surface area contributed by atoms with Crippen LogP contribution in [0.5, 0.6) is 0 Å². The number of benzene rings is 1. The van der Waals surface area contributed by atoms with Gasteiger partial charge in [-0.15, -0.1) is 0 Å². The van der Waals surface area contributed by atoms with Gasteiger partial charge in [0.05, 0.1) is 5.56 Å². The molecule has 1 aromatic carbocycles. The molecule has 2 nitrogen and oxygen atoms in total. The summed E-state index contributed by atoms with van der Waals surface area (Å²) in [5.41, 5.74) is 1.64. The van der Waals surface area contributed by atoms with Gasteiger partial charge in [0.2, 0.25) is 0 Å². The number of hydrogen-bond donors (Lipinski definition) is 1. The zero-order valence-corrected chi connectivity index (χ0v) is 10.9. The highest BCUT2D eigenvalue weighted by Gasteiger charge is 2.30. The predicted molar refractivity (Wildman–Crippen MR) is 76.5 cm³/mol. The molecule has 3 aromatic rings. The highest BCUT2D eigenvalue weighted by molar-refractivity contribution is 5.91. The predicted octanol–water partition coefficient (Wildman–Crippen LogP) is 4.75. The Labute approximate surface area is 119 Å². The lowest BCUT2D eigenvalue weighted by Crippen LogP contribution is -2.04. The summed E-state index contributed by atoms with van der Waals surface area (Å²) >= 11 is 0. The lowest BCUT2D eigenvalue weighted by molar-refractivity contribution is -0.137. The van der Waals surface area contributed by atoms with Crippen molar-refractivity contribution in [2.75, 3.05) is 0 Å². The third-order valence-electron chi connectivity index (χ3n) is 3.20. The molecule has 0 saturated heterocycles. The smallest absolute Gasteiger partial charge is 0.361 e. The lowest BCUT2D eigenvalue weighted by atomic mass is 10.1. The molecule has 0 amide bonds. The second-order valence-electron chi connectivity index (χ2n) is 4.62. The normalized spacial score (nSPS) is 12.3. The van der Waals surface area contributed by atoms with Gasteiger partial charge in [-0.05, 0) is 35.4 Å². The Kier molecular flexibility index (Phi) is 3.25. The van der Waals surface area contributed by atoms with Crippen LogP contribution in [-0.2, 0) is 6.18 Å². The Bertz CT molecular complexity index is 786. The first-order valence-corrected chi connectivity index (χ1v) is 6.30. The zero-order chi connectivity index (χ0) is 14.9. The minimum atomic E-state index is -4.33. The number of hydrogen-bond acceptors (Lipinski definition) is 1. The third-order valence-corrected chi connectivity index (χ3v) is 3.20. The van der Waals surface area contributed by atoms with Crippen LogP contribution in [0.1, 0.15) is 16.7 Å². The van der Waals surface area contributed by atoms with E-state index in [9.17, 15) is 13.2 Å². The summed E-state index contributed by atoms with van der Waals surface area (Å²) in [6.07, 6.45) is 4.49. The number of nitrogens with one attached hydrogen (secondary N) is 1. The zero-order valence-electron chi connectivity index (χ0n) is 10.9. The van der Waals surface area contributed by atoms with Gasteiger partial charge in [-0.2, -0.15) is 13.2 Å². The summed E-state index contributed by atoms with van der Waals surface area (Å²) in [4.78, 5) is 6.80. The number of halogens is 3. The Morgan fingerprint density at radius 3 is 2.48 bits per heavy atom. The molecule has 0 atom stereocenters. The molecule has 3 rings (SSSR count). The SMILES string of the molecule is FC(F)(F)c1ccc2c(/C=C/c3ccncc3)c[nH]c2c1. The highest BCUT2D eigenvalue weighted by atomic mass is 19.4. The van der Waals surface area contributed by atoms with E-state index < -0.39 is 11.7 Å². The van der Waals surface area contributed by atoms with Crippen molar-refractivity contribution in [1.82, 2.24) is 9.97 Å². The van der Waals surface area contributed by atoms with Gasteiger partial charge in [0.25, 0.3) is 0 Å². The molecule has 0 spiro atoms. The van der Waals surface area contributed by atoms with E-state index in [0.717, 1.165) is 28.6 Å². The van der Waals surface area contributed by atoms with Gasteiger partial charge in [0.1, 0.15) is 0 Å². The number of fused-ring (bicyclic) bond motifs is 1. The van der Waals surface area contributed by atoms with Gasteiger partial charge >= 0.3 is 6.18 Å². The molecular weight excluding hydrogens is 277 g/mol. The molecule has 1 N–H and O–H groups in total. The minimum absolute atomic E-state index is 0.471. The Morgan fingerprint density at radius 2 is 1.76 bits per heavy atom. The van der Waals surface area contributed by atoms with E-state index in [0.29, 0.717) is 5.52 Å². The summed E-state index contributed by atoms with van der Waals surface area (Å²) in [6.45, 7) is 0. The maximum atomic E-state index is 12.7. The Balaban J connectivity index is 1.96. The van der Waals surface area contributed by atoms with Crippen molar-refractivity contribution < 1.29 is 13.2 Å². The number of aromatic amines is 1. The van der Waals surface area contributed by atoms with E-state index in [2.05, 4.69) is 9.97 Å². The summed E-state index contributed by atoms with van der Waals surface area (Å²) in [7, 11) is 0. The molecule has 0 unspecified atom stereocenters. The highest BCUT2D eigenvalue weighted by Crippen LogP contribution is 2.32. The number of nitrogens with zero attached hydrogens (tertiary/aromatic N) is 1. The molecule has 2 aromatic heterocycles. The van der Waals surface area contributed by atoms with Crippen LogP contribution < -0.4 is 0 Å². The van der Waals surface area contributed by atoms with E-state index in [4.69, 9.17) is 0 Å². The number of pyridine rings is 1. The van der Waals surface area contributed by atoms with Crippen LogP contribution in [0.2, 0.25) is 0 Å². The van der Waals surface area contributed by atoms with Gasteiger partial charge < -0.3 is 4.98 Å². The molecule has 5 heteroatoms. The fraction of sp³-hybridized carbons (Fsp3) is 0.0625. The summed E-state index contributed by atoms with van der Waals surface area (Å²) in [5.74, 6) is 0. The minimum Gasteiger partial charge on any atom is -0.361 e. The van der Waals surface area contributed by atoms with Gasteiger partial charge in [0, 0.05) is 29.5 Å². The molecular formula is C16H11F3N2. The molecule has 0 aliphatic rings. The fourth-order valence-electron chi connectivity index (χ4n) is 2.12. The molecule has 2 heterocycles. The van der Waals surface area contributed by atoms with Crippen molar-refractivity contribution in [3.8, 4) is 0 Å². The first-order valence-electron chi connectivity index (χ1n) is 6.30. The largest absolute Gasteiger partial charge is 0.416 e. The fourth-order valence-corrected chi connectivity index (χ4v) is 2.12. The average Bonchev–Trinajstić information content (AvgIpc) is 2.87. The quantitative estimate of drug-likeness (QED) is 0.724. The van der Waals surface area contributed by atoms with Crippen molar-refractivity contribution in [3.05, 3.63) is 65.6 Å². The summed E-state index contributed by atoms with van der Waals surface area (Å²) < 4.78 is 38.0. The van der Waals surface area contributed by atoms with Crippen LogP contribution in [0.4, 0.5) is 13.2 Å². The maximum absolute atomic E-state index is 12.7. The standard InChI is InChI=1S/C16H11F3N2/c17-16(18,19)13-3-4-14-12(10-21-15(14)9-13)2-1-11-5-7-20-8-6-11/h1-10,21H/b2-1+. The van der Waals surface area contributed by atoms with Gasteiger partial charge in [-0.25, -0.2) is 0 Å². The maximum Gasteiger partial charge on any atom is 0.416 e. The second-order valence-corrected chi connectivity index (χ2v) is 4.62. The molecule has 0 fully saturated rings. The van der Waals surface area contributed by atoms with Gasteiger partial charge in [-0.3, -0.25) is 4.98 Å². The van der Waals surface area contributed by atoms with Crippen LogP contribution in [0.15, 0.2) is 48.9 Å². The number of alkyl halides is 3. The van der Waals surface area contributed by atoms with Crippen LogP contribution in [0.25, 0.3) is 23.1 Å². The monoisotopic (exact) mass is 288 g/mol. The first kappa shape index (κ1) is 13.4. The second kappa shape index (κ2) is 5.09. The van der Waals surface area contributed by atoms with E-state index in [1.807, 2.05) is 24.3 Å². The molecule has 0 aliphatic heterocycles. The van der Waals surface area contributed by atoms with Gasteiger partial charge in [0.15, 0.2) is 0 Å². The van der Waals surface area contributed by atoms with Gasteiger partial charge in [-0.1, -0.05) is 18.2 Å². The first-order chi connectivity index (χ1) is 10.0. The molecule has 21 heavy (non-hydrogen) atoms. The van der Waals surface area contributed by atoms with Crippen LogP contribution in [0.3, 0.4) is 0 Å². The summed E-state index contributed by atoms with van der Waals surface area (Å²) in [6, 6.07) is 7.42. The van der Waals surface area contributed by atoms with E-state index in [1.54, 1.807) is 18.6 Å². The van der Waals surface area contributed by atoms with Crippen LogP contribution >= 0.6 is 0 Å². The van der Waals surface area contributed by atoms with Crippen molar-refractivity contribution >= 4 is 23.1 Å². The van der Waals surface area contributed by atoms with E-state index in [-0.39, 0.29) is 0 Å². The van der Waals surface area contributed by atoms with E-state index in [1.165, 1.54) is 6.07 Å². The molecule has 0 radical (unpaired) electrons. The molecule has 0 saturated carbocycles. The van der Waals surface area contributed by atoms with Crippen molar-refractivity contribution in [3.63, 3.8) is 0 Å². The molecule has 0 bridgehead atoms. The Hall–Kier alpha value is -2.56. The average molecular weight is 288 g/mol. The Morgan fingerprint density at radius 1 is 1.00 bits per heavy atom. The number of H-pyrrole nitrogens is 1. The number of aromatic nitrogens is 2. The third kappa shape index (κ3) is 2.81. The topological polar surface area (TPSA) is 28.7 Å². The van der Waals surface area contributed by atoms with Crippen LogP contribution in [0, 0.1) is 0 Å². The molecule has 106 valence electrons. The lowest BCUT2D eigenvalue weighted by Gasteiger charge is -2.05. The van der Waals surface area contributed by atoms with Crippen LogP contribution in [-0.4, -0.2) is 9.97 Å². The summed E-state index contributed by atoms with van der Waals surface area (Å²) in [5, 5.41) is 0.758. The molecule has 0 aliphatic carbocycles. The van der Waals surface area contributed by atoms with Crippen molar-refractivity contribution in [1.29, 1.82) is 0 Å². The van der Waals surface area contributed by atoms with E-state index >= 15 is 0 Å². The van der Waals surface area contributed by atoms with Crippen molar-refractivity contribution in [2.24, 2.45) is 0 Å². The van der Waals surface area contributed by atoms with Crippen molar-refractivity contribution in [2.45, 2.75) is 6.18 Å². The number of rotatable bonds is 2.